The van der Waals surface area contributed by atoms with Crippen LogP contribution >= 0.6 is 0 Å². The van der Waals surface area contributed by atoms with Gasteiger partial charge < -0.3 is 26.7 Å². The van der Waals surface area contributed by atoms with Crippen LogP contribution in [0.25, 0.3) is 11.2 Å². The van der Waals surface area contributed by atoms with Gasteiger partial charge in [-0.1, -0.05) is 0 Å². The van der Waals surface area contributed by atoms with E-state index in [0.29, 0.717) is 22.9 Å². The molecule has 10 nitrogen and oxygen atoms in total. The van der Waals surface area contributed by atoms with Crippen molar-refractivity contribution in [3.05, 3.63) is 6.33 Å². The molecule has 0 aliphatic carbocycles. The van der Waals surface area contributed by atoms with Gasteiger partial charge in [-0.05, 0) is 0 Å². The van der Waals surface area contributed by atoms with Gasteiger partial charge in [-0.3, -0.25) is 9.59 Å². The van der Waals surface area contributed by atoms with Gasteiger partial charge >= 0.3 is 0 Å². The van der Waals surface area contributed by atoms with Crippen molar-refractivity contribution in [2.24, 2.45) is 11.5 Å². The van der Waals surface area contributed by atoms with E-state index in [1.54, 1.807) is 7.05 Å². The topological polar surface area (TPSA) is 156 Å². The summed E-state index contributed by atoms with van der Waals surface area (Å²) in [5, 5.41) is 2.78. The Morgan fingerprint density at radius 3 is 2.50 bits per heavy atom. The lowest BCUT2D eigenvalue weighted by Crippen LogP contribution is -2.40. The summed E-state index contributed by atoms with van der Waals surface area (Å²) in [7, 11) is 1.64. The molecule has 0 unspecified atom stereocenters. The number of amides is 2. The van der Waals surface area contributed by atoms with Crippen LogP contribution in [-0.2, 0) is 9.59 Å². The number of nitrogens with two attached hydrogens (primary N) is 2. The van der Waals surface area contributed by atoms with Crippen molar-refractivity contribution >= 4 is 34.7 Å². The smallest absolute Gasteiger partial charge is 0.237 e. The zero-order valence-electron chi connectivity index (χ0n) is 10.8. The molecule has 0 aromatic carbocycles. The highest BCUT2D eigenvalue weighted by Crippen LogP contribution is 2.22. The summed E-state index contributed by atoms with van der Waals surface area (Å²) in [6.07, 6.45) is 1.44. The maximum absolute atomic E-state index is 11.1. The molecule has 2 aromatic heterocycles. The zero-order chi connectivity index (χ0) is 14.7. The Bertz CT molecular complexity index is 636. The first-order valence-corrected chi connectivity index (χ1v) is 5.71. The lowest BCUT2D eigenvalue weighted by molar-refractivity contribution is -0.117. The normalized spacial score (nSPS) is 10.4. The average molecular weight is 278 g/mol. The molecule has 0 spiro atoms. The molecule has 6 N–H and O–H groups in total. The number of anilines is 2. The van der Waals surface area contributed by atoms with Gasteiger partial charge in [0.1, 0.15) is 5.52 Å². The number of aromatic amines is 1. The number of hydrogen-bond donors (Lipinski definition) is 4. The number of hydrogen-bond acceptors (Lipinski definition) is 7. The van der Waals surface area contributed by atoms with Gasteiger partial charge in [-0.25, -0.2) is 4.98 Å². The highest BCUT2D eigenvalue weighted by molar-refractivity contribution is 5.91. The molecule has 0 aliphatic heterocycles. The monoisotopic (exact) mass is 278 g/mol. The highest BCUT2D eigenvalue weighted by atomic mass is 16.2. The first kappa shape index (κ1) is 13.5. The lowest BCUT2D eigenvalue weighted by Gasteiger charge is -2.21. The molecule has 2 aromatic rings. The number of H-pyrrole nitrogens is 1. The minimum Gasteiger partial charge on any atom is -0.368 e. The second kappa shape index (κ2) is 5.38. The fourth-order valence-corrected chi connectivity index (χ4v) is 1.74. The first-order chi connectivity index (χ1) is 9.51. The van der Waals surface area contributed by atoms with Gasteiger partial charge in [0.25, 0.3) is 0 Å². The molecule has 106 valence electrons. The van der Waals surface area contributed by atoms with E-state index in [0.717, 1.165) is 0 Å². The van der Waals surface area contributed by atoms with Crippen LogP contribution in [0.1, 0.15) is 0 Å². The van der Waals surface area contributed by atoms with Crippen LogP contribution in [0.3, 0.4) is 0 Å². The average Bonchev–Trinajstić information content (AvgIpc) is 2.83. The van der Waals surface area contributed by atoms with Crippen molar-refractivity contribution in [3.63, 3.8) is 0 Å². The quantitative estimate of drug-likeness (QED) is 0.484. The van der Waals surface area contributed by atoms with Crippen molar-refractivity contribution in [3.8, 4) is 0 Å². The largest absolute Gasteiger partial charge is 0.368 e. The van der Waals surface area contributed by atoms with Crippen molar-refractivity contribution < 1.29 is 9.59 Å². The number of primary amides is 2. The molecule has 0 radical (unpaired) electrons. The van der Waals surface area contributed by atoms with Crippen LogP contribution in [0.4, 0.5) is 11.8 Å². The maximum atomic E-state index is 11.1. The summed E-state index contributed by atoms with van der Waals surface area (Å²) >= 11 is 0. The number of fused-ring (bicyclic) bond motifs is 1. The molecule has 0 bridgehead atoms. The second-order valence-electron chi connectivity index (χ2n) is 4.01. The number of carbonyl (C=O) groups excluding carboxylic acids is 2. The fraction of sp³-hybridized carbons (Fsp3) is 0.300. The van der Waals surface area contributed by atoms with Crippen molar-refractivity contribution in [2.75, 3.05) is 30.4 Å². The minimum atomic E-state index is -0.608. The van der Waals surface area contributed by atoms with Crippen LogP contribution in [0.5, 0.6) is 0 Å². The third kappa shape index (κ3) is 2.74. The SMILES string of the molecule is CNc1nc(N(CC(N)=O)CC(N)=O)c2[nH]cnc2n1. The van der Waals surface area contributed by atoms with Crippen LogP contribution in [0.15, 0.2) is 6.33 Å². The Labute approximate surface area is 113 Å². The molecule has 0 aliphatic rings. The highest BCUT2D eigenvalue weighted by Gasteiger charge is 2.19. The molecule has 0 fully saturated rings. The molecule has 10 heteroatoms. The lowest BCUT2D eigenvalue weighted by atomic mass is 10.3. The number of rotatable bonds is 6. The molecule has 20 heavy (non-hydrogen) atoms. The van der Waals surface area contributed by atoms with E-state index >= 15 is 0 Å². The van der Waals surface area contributed by atoms with E-state index in [1.807, 2.05) is 0 Å². The number of nitrogens with zero attached hydrogens (tertiary/aromatic N) is 4. The van der Waals surface area contributed by atoms with Crippen LogP contribution < -0.4 is 21.7 Å². The minimum absolute atomic E-state index is 0.197. The summed E-state index contributed by atoms with van der Waals surface area (Å²) in [6, 6.07) is 0. The van der Waals surface area contributed by atoms with Crippen molar-refractivity contribution in [2.45, 2.75) is 0 Å². The Balaban J connectivity index is 2.52. The van der Waals surface area contributed by atoms with Gasteiger partial charge in [0.2, 0.25) is 17.8 Å². The molecule has 0 saturated heterocycles. The predicted octanol–water partition coefficient (Wildman–Crippen LogP) is -1.83. The standard InChI is InChI=1S/C10H14N8O2/c1-13-10-16-8-7(14-4-15-8)9(17-10)18(2-5(11)19)3-6(12)20/h4H,2-3H2,1H3,(H2,11,19)(H2,12,20)(H2,13,14,15,16,17). The number of imidazole rings is 1. The van der Waals surface area contributed by atoms with E-state index in [-0.39, 0.29) is 13.1 Å². The summed E-state index contributed by atoms with van der Waals surface area (Å²) < 4.78 is 0. The van der Waals surface area contributed by atoms with E-state index < -0.39 is 11.8 Å². The molecule has 2 amide bonds. The van der Waals surface area contributed by atoms with Crippen LogP contribution in [0.2, 0.25) is 0 Å². The van der Waals surface area contributed by atoms with E-state index in [4.69, 9.17) is 11.5 Å². The third-order valence-corrected chi connectivity index (χ3v) is 2.48. The van der Waals surface area contributed by atoms with Gasteiger partial charge in [0.05, 0.1) is 19.4 Å². The molecular weight excluding hydrogens is 264 g/mol. The second-order valence-corrected chi connectivity index (χ2v) is 4.01. The van der Waals surface area contributed by atoms with E-state index in [9.17, 15) is 9.59 Å². The van der Waals surface area contributed by atoms with Crippen LogP contribution in [-0.4, -0.2) is 51.9 Å². The predicted molar refractivity (Wildman–Crippen MR) is 71.8 cm³/mol. The first-order valence-electron chi connectivity index (χ1n) is 5.71. The van der Waals surface area contributed by atoms with Gasteiger partial charge in [0, 0.05) is 7.05 Å². The van der Waals surface area contributed by atoms with Gasteiger partial charge in [0.15, 0.2) is 11.5 Å². The molecule has 2 rings (SSSR count). The Morgan fingerprint density at radius 2 is 1.95 bits per heavy atom. The van der Waals surface area contributed by atoms with E-state index in [2.05, 4.69) is 25.3 Å². The summed E-state index contributed by atoms with van der Waals surface area (Å²) in [6.45, 7) is -0.394. The van der Waals surface area contributed by atoms with Crippen molar-refractivity contribution in [1.82, 2.24) is 19.9 Å². The summed E-state index contributed by atoms with van der Waals surface area (Å²) in [5.74, 6) is -0.583. The fourth-order valence-electron chi connectivity index (χ4n) is 1.74. The summed E-state index contributed by atoms with van der Waals surface area (Å²) in [4.78, 5) is 38.9. The summed E-state index contributed by atoms with van der Waals surface area (Å²) in [5.41, 5.74) is 11.3. The third-order valence-electron chi connectivity index (χ3n) is 2.48. The Hall–Kier alpha value is -2.91. The van der Waals surface area contributed by atoms with E-state index in [1.165, 1.54) is 11.2 Å². The van der Waals surface area contributed by atoms with Gasteiger partial charge in [-0.2, -0.15) is 9.97 Å². The molecule has 0 saturated carbocycles. The molecule has 2 heterocycles. The Kier molecular flexibility index (Phi) is 3.64. The zero-order valence-corrected chi connectivity index (χ0v) is 10.8. The number of carbonyl (C=O) groups is 2. The molecule has 0 atom stereocenters. The van der Waals surface area contributed by atoms with Crippen LogP contribution in [0, 0.1) is 0 Å². The van der Waals surface area contributed by atoms with Crippen molar-refractivity contribution in [1.29, 1.82) is 0 Å². The Morgan fingerprint density at radius 1 is 1.30 bits per heavy atom. The van der Waals surface area contributed by atoms with Gasteiger partial charge in [-0.15, -0.1) is 0 Å². The molecular formula is C10H14N8O2. The maximum Gasteiger partial charge on any atom is 0.237 e. The number of aromatic nitrogens is 4. The number of nitrogens with one attached hydrogen (secondary N) is 2.